The van der Waals surface area contributed by atoms with Crippen molar-refractivity contribution < 1.29 is 8.91 Å². The fraction of sp³-hybridized carbons (Fsp3) is 0.385. The van der Waals surface area contributed by atoms with Crippen LogP contribution in [0, 0.1) is 5.82 Å². The van der Waals surface area contributed by atoms with Gasteiger partial charge in [-0.15, -0.1) is 11.8 Å². The molecule has 0 aliphatic rings. The molecule has 0 unspecified atom stereocenters. The minimum Gasteiger partial charge on any atom is -0.333 e. The number of anilines is 1. The molecule has 0 saturated heterocycles. The molecule has 102 valence electrons. The maximum absolute atomic E-state index is 12.8. The molecule has 1 heterocycles. The highest BCUT2D eigenvalue weighted by Gasteiger charge is 2.14. The van der Waals surface area contributed by atoms with E-state index >= 15 is 0 Å². The SMILES string of the molecule is CC(C)(C)Nc1nc(CSc2ccc(F)cc2)no1. The zero-order chi connectivity index (χ0) is 13.9. The van der Waals surface area contributed by atoms with Crippen LogP contribution in [0.25, 0.3) is 0 Å². The first-order valence-corrected chi connectivity index (χ1v) is 6.90. The second kappa shape index (κ2) is 5.61. The van der Waals surface area contributed by atoms with Crippen LogP contribution in [-0.4, -0.2) is 15.7 Å². The molecule has 1 aromatic heterocycles. The summed E-state index contributed by atoms with van der Waals surface area (Å²) in [6, 6.07) is 6.75. The molecule has 0 aliphatic heterocycles. The van der Waals surface area contributed by atoms with Gasteiger partial charge in [0, 0.05) is 10.4 Å². The molecule has 19 heavy (non-hydrogen) atoms. The Labute approximate surface area is 115 Å². The van der Waals surface area contributed by atoms with E-state index in [1.165, 1.54) is 23.9 Å². The number of aromatic nitrogens is 2. The van der Waals surface area contributed by atoms with Gasteiger partial charge in [0.15, 0.2) is 5.82 Å². The third kappa shape index (κ3) is 4.55. The van der Waals surface area contributed by atoms with Crippen molar-refractivity contribution in [2.24, 2.45) is 0 Å². The molecule has 0 saturated carbocycles. The lowest BCUT2D eigenvalue weighted by atomic mass is 10.1. The van der Waals surface area contributed by atoms with Gasteiger partial charge in [0.25, 0.3) is 0 Å². The van der Waals surface area contributed by atoms with Crippen LogP contribution in [0.15, 0.2) is 33.7 Å². The predicted octanol–water partition coefficient (Wildman–Crippen LogP) is 3.71. The normalized spacial score (nSPS) is 11.6. The first-order chi connectivity index (χ1) is 8.92. The highest BCUT2D eigenvalue weighted by Crippen LogP contribution is 2.22. The lowest BCUT2D eigenvalue weighted by Crippen LogP contribution is -2.26. The standard InChI is InChI=1S/C13H16FN3OS/c1-13(2,3)16-12-15-11(17-18-12)8-19-10-6-4-9(14)5-7-10/h4-7H,8H2,1-3H3,(H,15,16,17). The summed E-state index contributed by atoms with van der Waals surface area (Å²) in [5, 5.41) is 7.00. The van der Waals surface area contributed by atoms with E-state index in [9.17, 15) is 4.39 Å². The van der Waals surface area contributed by atoms with Gasteiger partial charge in [-0.3, -0.25) is 0 Å². The average Bonchev–Trinajstić information content (AvgIpc) is 2.73. The van der Waals surface area contributed by atoms with Crippen LogP contribution in [0.1, 0.15) is 26.6 Å². The Bertz CT molecular complexity index is 534. The predicted molar refractivity (Wildman–Crippen MR) is 73.6 cm³/mol. The third-order valence-electron chi connectivity index (χ3n) is 2.13. The van der Waals surface area contributed by atoms with E-state index in [2.05, 4.69) is 15.5 Å². The second-order valence-electron chi connectivity index (χ2n) is 5.13. The van der Waals surface area contributed by atoms with Crippen LogP contribution < -0.4 is 5.32 Å². The summed E-state index contributed by atoms with van der Waals surface area (Å²) in [7, 11) is 0. The zero-order valence-electron chi connectivity index (χ0n) is 11.1. The molecule has 0 fully saturated rings. The Hall–Kier alpha value is -1.56. The fourth-order valence-corrected chi connectivity index (χ4v) is 2.10. The van der Waals surface area contributed by atoms with Crippen LogP contribution in [0.2, 0.25) is 0 Å². The number of halogens is 1. The van der Waals surface area contributed by atoms with E-state index in [1.54, 1.807) is 12.1 Å². The quantitative estimate of drug-likeness (QED) is 0.866. The zero-order valence-corrected chi connectivity index (χ0v) is 11.9. The Morgan fingerprint density at radius 1 is 1.26 bits per heavy atom. The maximum Gasteiger partial charge on any atom is 0.321 e. The van der Waals surface area contributed by atoms with Crippen LogP contribution in [0.4, 0.5) is 10.4 Å². The number of nitrogens with one attached hydrogen (secondary N) is 1. The first-order valence-electron chi connectivity index (χ1n) is 5.91. The maximum atomic E-state index is 12.8. The molecule has 0 radical (unpaired) electrons. The van der Waals surface area contributed by atoms with Gasteiger partial charge in [-0.1, -0.05) is 5.16 Å². The first kappa shape index (κ1) is 13.9. The number of nitrogens with zero attached hydrogens (tertiary/aromatic N) is 2. The van der Waals surface area contributed by atoms with Crippen molar-refractivity contribution in [1.82, 2.24) is 10.1 Å². The van der Waals surface area contributed by atoms with Crippen molar-refractivity contribution in [2.75, 3.05) is 5.32 Å². The average molecular weight is 281 g/mol. The molecule has 0 amide bonds. The minimum absolute atomic E-state index is 0.117. The van der Waals surface area contributed by atoms with Gasteiger partial charge in [-0.2, -0.15) is 4.98 Å². The second-order valence-corrected chi connectivity index (χ2v) is 6.18. The summed E-state index contributed by atoms with van der Waals surface area (Å²) in [4.78, 5) is 5.21. The molecule has 2 aromatic rings. The van der Waals surface area contributed by atoms with Crippen molar-refractivity contribution in [1.29, 1.82) is 0 Å². The molecule has 0 bridgehead atoms. The van der Waals surface area contributed by atoms with Crippen molar-refractivity contribution >= 4 is 17.8 Å². The molecule has 0 atom stereocenters. The van der Waals surface area contributed by atoms with E-state index < -0.39 is 0 Å². The van der Waals surface area contributed by atoms with E-state index in [0.717, 1.165) is 4.90 Å². The van der Waals surface area contributed by atoms with Gasteiger partial charge < -0.3 is 9.84 Å². The Balaban J connectivity index is 1.91. The fourth-order valence-electron chi connectivity index (χ4n) is 1.36. The van der Waals surface area contributed by atoms with Crippen LogP contribution in [0.5, 0.6) is 0 Å². The van der Waals surface area contributed by atoms with Crippen molar-refractivity contribution in [3.63, 3.8) is 0 Å². The molecule has 1 N–H and O–H groups in total. The summed E-state index contributed by atoms with van der Waals surface area (Å²) < 4.78 is 17.9. The van der Waals surface area contributed by atoms with E-state index in [-0.39, 0.29) is 11.4 Å². The van der Waals surface area contributed by atoms with Crippen molar-refractivity contribution in [2.45, 2.75) is 37.0 Å². The van der Waals surface area contributed by atoms with Gasteiger partial charge in [0.05, 0.1) is 5.75 Å². The van der Waals surface area contributed by atoms with Gasteiger partial charge in [-0.05, 0) is 45.0 Å². The number of rotatable bonds is 4. The molecular weight excluding hydrogens is 265 g/mol. The molecule has 1 aromatic carbocycles. The van der Waals surface area contributed by atoms with Gasteiger partial charge in [0.2, 0.25) is 0 Å². The van der Waals surface area contributed by atoms with Crippen LogP contribution >= 0.6 is 11.8 Å². The molecule has 0 aliphatic carbocycles. The Morgan fingerprint density at radius 2 is 1.95 bits per heavy atom. The summed E-state index contributed by atoms with van der Waals surface area (Å²) >= 11 is 1.53. The van der Waals surface area contributed by atoms with E-state index in [0.29, 0.717) is 17.6 Å². The number of hydrogen-bond acceptors (Lipinski definition) is 5. The highest BCUT2D eigenvalue weighted by atomic mass is 32.2. The number of benzene rings is 1. The van der Waals surface area contributed by atoms with Gasteiger partial charge >= 0.3 is 6.01 Å². The smallest absolute Gasteiger partial charge is 0.321 e. The molecule has 0 spiro atoms. The highest BCUT2D eigenvalue weighted by molar-refractivity contribution is 7.98. The minimum atomic E-state index is -0.236. The Kier molecular flexibility index (Phi) is 4.09. The topological polar surface area (TPSA) is 51.0 Å². The van der Waals surface area contributed by atoms with Crippen LogP contribution in [0.3, 0.4) is 0 Å². The lowest BCUT2D eigenvalue weighted by Gasteiger charge is -2.17. The number of thioether (sulfide) groups is 1. The summed E-state index contributed by atoms with van der Waals surface area (Å²) in [5.41, 5.74) is -0.117. The third-order valence-corrected chi connectivity index (χ3v) is 3.14. The van der Waals surface area contributed by atoms with Crippen molar-refractivity contribution in [3.05, 3.63) is 35.9 Å². The molecular formula is C13H16FN3OS. The summed E-state index contributed by atoms with van der Waals surface area (Å²) in [6.45, 7) is 6.05. The van der Waals surface area contributed by atoms with E-state index in [1.807, 2.05) is 20.8 Å². The molecule has 2 rings (SSSR count). The van der Waals surface area contributed by atoms with Crippen LogP contribution in [-0.2, 0) is 5.75 Å². The van der Waals surface area contributed by atoms with Gasteiger partial charge in [-0.25, -0.2) is 4.39 Å². The molecule has 4 nitrogen and oxygen atoms in total. The van der Waals surface area contributed by atoms with Crippen molar-refractivity contribution in [3.8, 4) is 0 Å². The Morgan fingerprint density at radius 3 is 2.58 bits per heavy atom. The monoisotopic (exact) mass is 281 g/mol. The lowest BCUT2D eigenvalue weighted by molar-refractivity contribution is 0.414. The largest absolute Gasteiger partial charge is 0.333 e. The van der Waals surface area contributed by atoms with E-state index in [4.69, 9.17) is 4.52 Å². The molecule has 6 heteroatoms. The summed E-state index contributed by atoms with van der Waals surface area (Å²) in [5.74, 6) is 0.961. The summed E-state index contributed by atoms with van der Waals surface area (Å²) in [6.07, 6.45) is 0. The van der Waals surface area contributed by atoms with Gasteiger partial charge in [0.1, 0.15) is 5.82 Å². The number of hydrogen-bond donors (Lipinski definition) is 1.